The van der Waals surface area contributed by atoms with Crippen molar-refractivity contribution in [2.24, 2.45) is 7.05 Å². The number of aromatic nitrogens is 4. The molecule has 202 valence electrons. The van der Waals surface area contributed by atoms with Crippen LogP contribution < -0.4 is 14.8 Å². The highest BCUT2D eigenvalue weighted by atomic mass is 19.1. The van der Waals surface area contributed by atoms with E-state index in [0.717, 1.165) is 11.1 Å². The van der Waals surface area contributed by atoms with Gasteiger partial charge in [0.1, 0.15) is 17.5 Å². The average molecular weight is 536 g/mol. The summed E-state index contributed by atoms with van der Waals surface area (Å²) in [4.78, 5) is 33.9. The molecular formula is C28H27F2N5O4. The Labute approximate surface area is 223 Å². The van der Waals surface area contributed by atoms with Crippen molar-refractivity contribution in [2.75, 3.05) is 7.11 Å². The quantitative estimate of drug-likeness (QED) is 0.315. The Morgan fingerprint density at radius 2 is 1.59 bits per heavy atom. The van der Waals surface area contributed by atoms with Gasteiger partial charge in [0.15, 0.2) is 17.3 Å². The Hall–Kier alpha value is -4.67. The molecule has 11 heteroatoms. The van der Waals surface area contributed by atoms with Gasteiger partial charge >= 0.3 is 5.97 Å². The van der Waals surface area contributed by atoms with E-state index in [0.29, 0.717) is 11.6 Å². The van der Waals surface area contributed by atoms with Gasteiger partial charge in [0, 0.05) is 25.7 Å². The van der Waals surface area contributed by atoms with E-state index >= 15 is 0 Å². The Bertz CT molecular complexity index is 1430. The second-order valence-corrected chi connectivity index (χ2v) is 8.70. The van der Waals surface area contributed by atoms with Gasteiger partial charge in [0.05, 0.1) is 19.1 Å². The summed E-state index contributed by atoms with van der Waals surface area (Å²) in [5.74, 6) is -1.53. The van der Waals surface area contributed by atoms with Crippen LogP contribution >= 0.6 is 0 Å². The second kappa shape index (κ2) is 11.8. The maximum absolute atomic E-state index is 13.7. The normalized spacial score (nSPS) is 11.8. The maximum Gasteiger partial charge on any atom is 0.311 e. The number of hydrogen-bond donors (Lipinski definition) is 1. The van der Waals surface area contributed by atoms with E-state index in [4.69, 9.17) is 14.5 Å². The standard InChI is InChI=1S/C28H27F2N5O4/c1-5-22(36)39-25-21(38-4)14-15-31-24(25)28(37)32-16(2)26-33-27(35(3)34-26)23(17-6-10-19(29)11-7-17)18-8-12-20(30)13-9-18/h6-16,23H,5H2,1-4H3,(H,32,37)/t16-/m0/s1. The molecule has 4 aromatic rings. The number of hydrogen-bond acceptors (Lipinski definition) is 7. The fourth-order valence-electron chi connectivity index (χ4n) is 4.02. The number of amides is 1. The van der Waals surface area contributed by atoms with Gasteiger partial charge in [0.25, 0.3) is 5.91 Å². The maximum atomic E-state index is 13.7. The minimum Gasteiger partial charge on any atom is -0.493 e. The van der Waals surface area contributed by atoms with Crippen LogP contribution in [-0.2, 0) is 11.8 Å². The summed E-state index contributed by atoms with van der Waals surface area (Å²) in [5.41, 5.74) is 1.32. The van der Waals surface area contributed by atoms with Crippen molar-refractivity contribution < 1.29 is 27.8 Å². The van der Waals surface area contributed by atoms with Crippen LogP contribution in [0.5, 0.6) is 11.5 Å². The number of nitrogens with zero attached hydrogens (tertiary/aromatic N) is 4. The van der Waals surface area contributed by atoms with Crippen molar-refractivity contribution in [3.8, 4) is 11.5 Å². The minimum absolute atomic E-state index is 0.0843. The molecule has 1 amide bonds. The number of esters is 1. The number of rotatable bonds is 9. The molecule has 0 saturated carbocycles. The molecule has 0 saturated heterocycles. The van der Waals surface area contributed by atoms with E-state index < -0.39 is 23.8 Å². The summed E-state index contributed by atoms with van der Waals surface area (Å²) in [6.45, 7) is 3.32. The number of carbonyl (C=O) groups excluding carboxylic acids is 2. The lowest BCUT2D eigenvalue weighted by atomic mass is 9.90. The van der Waals surface area contributed by atoms with Crippen LogP contribution in [0.3, 0.4) is 0 Å². The van der Waals surface area contributed by atoms with Gasteiger partial charge in [-0.2, -0.15) is 5.10 Å². The highest BCUT2D eigenvalue weighted by molar-refractivity contribution is 5.96. The van der Waals surface area contributed by atoms with Crippen molar-refractivity contribution >= 4 is 11.9 Å². The molecule has 1 atom stereocenters. The van der Waals surface area contributed by atoms with Crippen molar-refractivity contribution in [1.29, 1.82) is 0 Å². The van der Waals surface area contributed by atoms with Crippen molar-refractivity contribution in [2.45, 2.75) is 32.2 Å². The lowest BCUT2D eigenvalue weighted by molar-refractivity contribution is -0.134. The number of nitrogens with one attached hydrogen (secondary N) is 1. The number of pyridine rings is 1. The number of ether oxygens (including phenoxy) is 2. The van der Waals surface area contributed by atoms with Crippen LogP contribution in [0.15, 0.2) is 60.8 Å². The number of halogens is 2. The zero-order valence-corrected chi connectivity index (χ0v) is 21.8. The van der Waals surface area contributed by atoms with E-state index in [-0.39, 0.29) is 35.2 Å². The summed E-state index contributed by atoms with van der Waals surface area (Å²) in [5, 5.41) is 7.28. The molecule has 0 fully saturated rings. The van der Waals surface area contributed by atoms with E-state index in [1.165, 1.54) is 43.6 Å². The third-order valence-corrected chi connectivity index (χ3v) is 6.02. The molecule has 1 N–H and O–H groups in total. The number of methoxy groups -OCH3 is 1. The van der Waals surface area contributed by atoms with E-state index in [1.807, 2.05) is 0 Å². The predicted octanol–water partition coefficient (Wildman–Crippen LogP) is 4.48. The zero-order chi connectivity index (χ0) is 28.1. The monoisotopic (exact) mass is 535 g/mol. The molecule has 9 nitrogen and oxygen atoms in total. The molecule has 0 radical (unpaired) electrons. The first-order chi connectivity index (χ1) is 18.7. The molecule has 39 heavy (non-hydrogen) atoms. The van der Waals surface area contributed by atoms with E-state index in [9.17, 15) is 18.4 Å². The zero-order valence-electron chi connectivity index (χ0n) is 21.8. The van der Waals surface area contributed by atoms with Gasteiger partial charge in [-0.15, -0.1) is 0 Å². The van der Waals surface area contributed by atoms with E-state index in [1.54, 1.807) is 49.8 Å². The molecule has 0 spiro atoms. The lowest BCUT2D eigenvalue weighted by Gasteiger charge is -2.17. The molecule has 0 aliphatic heterocycles. The van der Waals surface area contributed by atoms with Gasteiger partial charge in [-0.1, -0.05) is 31.2 Å². The second-order valence-electron chi connectivity index (χ2n) is 8.70. The highest BCUT2D eigenvalue weighted by Crippen LogP contribution is 2.32. The average Bonchev–Trinajstić information content (AvgIpc) is 3.32. The molecular weight excluding hydrogens is 508 g/mol. The Balaban J connectivity index is 1.65. The summed E-state index contributed by atoms with van der Waals surface area (Å²) in [6.07, 6.45) is 1.47. The molecule has 0 aliphatic rings. The summed E-state index contributed by atoms with van der Waals surface area (Å²) >= 11 is 0. The first kappa shape index (κ1) is 27.4. The summed E-state index contributed by atoms with van der Waals surface area (Å²) in [7, 11) is 3.09. The van der Waals surface area contributed by atoms with Crippen LogP contribution in [0.4, 0.5) is 8.78 Å². The fourth-order valence-corrected chi connectivity index (χ4v) is 4.02. The lowest BCUT2D eigenvalue weighted by Crippen LogP contribution is -2.29. The molecule has 0 unspecified atom stereocenters. The Morgan fingerprint density at radius 1 is 1.00 bits per heavy atom. The van der Waals surface area contributed by atoms with Gasteiger partial charge in [-0.05, 0) is 42.3 Å². The van der Waals surface area contributed by atoms with Crippen molar-refractivity contribution in [3.63, 3.8) is 0 Å². The number of carbonyl (C=O) groups is 2. The number of benzene rings is 2. The Kier molecular flexibility index (Phi) is 8.28. The fraction of sp³-hybridized carbons (Fsp3) is 0.250. The predicted molar refractivity (Wildman–Crippen MR) is 137 cm³/mol. The van der Waals surface area contributed by atoms with Gasteiger partial charge in [0.2, 0.25) is 5.75 Å². The highest BCUT2D eigenvalue weighted by Gasteiger charge is 2.27. The van der Waals surface area contributed by atoms with Gasteiger partial charge < -0.3 is 14.8 Å². The van der Waals surface area contributed by atoms with E-state index in [2.05, 4.69) is 15.4 Å². The molecule has 4 rings (SSSR count). The topological polar surface area (TPSA) is 108 Å². The Morgan fingerprint density at radius 3 is 2.13 bits per heavy atom. The van der Waals surface area contributed by atoms with Crippen LogP contribution in [-0.4, -0.2) is 38.7 Å². The molecule has 0 aliphatic carbocycles. The van der Waals surface area contributed by atoms with Crippen LogP contribution in [0.25, 0.3) is 0 Å². The molecule has 2 aromatic carbocycles. The van der Waals surface area contributed by atoms with Crippen LogP contribution in [0, 0.1) is 11.6 Å². The largest absolute Gasteiger partial charge is 0.493 e. The minimum atomic E-state index is -0.678. The molecule has 0 bridgehead atoms. The smallest absolute Gasteiger partial charge is 0.311 e. The first-order valence-electron chi connectivity index (χ1n) is 12.2. The third-order valence-electron chi connectivity index (χ3n) is 6.02. The van der Waals surface area contributed by atoms with Gasteiger partial charge in [-0.3, -0.25) is 14.3 Å². The van der Waals surface area contributed by atoms with Crippen molar-refractivity contribution in [1.82, 2.24) is 25.1 Å². The summed E-state index contributed by atoms with van der Waals surface area (Å²) in [6, 6.07) is 12.7. The third kappa shape index (κ3) is 6.08. The molecule has 2 heterocycles. The number of aryl methyl sites for hydroxylation is 1. The first-order valence-corrected chi connectivity index (χ1v) is 12.2. The molecule has 2 aromatic heterocycles. The summed E-state index contributed by atoms with van der Waals surface area (Å²) < 4.78 is 39.4. The SMILES string of the molecule is CCC(=O)Oc1c(OC)ccnc1C(=O)N[C@@H](C)c1nc(C(c2ccc(F)cc2)c2ccc(F)cc2)n(C)n1. The van der Waals surface area contributed by atoms with Crippen LogP contribution in [0.2, 0.25) is 0 Å². The van der Waals surface area contributed by atoms with Crippen LogP contribution in [0.1, 0.15) is 65.5 Å². The van der Waals surface area contributed by atoms with Gasteiger partial charge in [-0.25, -0.2) is 18.7 Å². The van der Waals surface area contributed by atoms with Crippen molar-refractivity contribution in [3.05, 3.63) is 101 Å².